The maximum atomic E-state index is 13.3. The van der Waals surface area contributed by atoms with E-state index in [9.17, 15) is 14.0 Å². The molecule has 0 spiro atoms. The Bertz CT molecular complexity index is 1160. The molecule has 1 atom stereocenters. The van der Waals surface area contributed by atoms with Crippen molar-refractivity contribution in [3.63, 3.8) is 0 Å². The first-order valence-electron chi connectivity index (χ1n) is 9.72. The lowest BCUT2D eigenvalue weighted by molar-refractivity contribution is -0.123. The van der Waals surface area contributed by atoms with E-state index in [1.165, 1.54) is 22.9 Å². The van der Waals surface area contributed by atoms with Crippen LogP contribution in [0, 0.1) is 12.7 Å². The molecule has 30 heavy (non-hydrogen) atoms. The van der Waals surface area contributed by atoms with Gasteiger partial charge in [-0.25, -0.2) is 13.9 Å². The molecule has 3 heterocycles. The fraction of sp³-hybridized carbons (Fsp3) is 0.400. The van der Waals surface area contributed by atoms with Crippen molar-refractivity contribution in [3.05, 3.63) is 68.4 Å². The highest BCUT2D eigenvalue weighted by atomic mass is 35.5. The zero-order valence-electron chi connectivity index (χ0n) is 16.7. The Hall–Kier alpha value is -2.94. The van der Waals surface area contributed by atoms with Gasteiger partial charge in [0.15, 0.2) is 0 Å². The minimum absolute atomic E-state index is 0.112. The van der Waals surface area contributed by atoms with Crippen molar-refractivity contribution >= 4 is 17.5 Å². The maximum absolute atomic E-state index is 13.3. The number of nitrogens with zero attached hydrogens (tertiary/aromatic N) is 5. The minimum atomic E-state index is -0.509. The third-order valence-electron chi connectivity index (χ3n) is 5.33. The lowest BCUT2D eigenvalue weighted by atomic mass is 9.98. The Kier molecular flexibility index (Phi) is 5.46. The summed E-state index contributed by atoms with van der Waals surface area (Å²) in [7, 11) is 1.83. The topological polar surface area (TPSA) is 86.7 Å². The monoisotopic (exact) mass is 432 g/mol. The number of fused-ring (bicyclic) bond motifs is 1. The van der Waals surface area contributed by atoms with Gasteiger partial charge in [-0.15, -0.1) is 0 Å². The first kappa shape index (κ1) is 20.3. The van der Waals surface area contributed by atoms with Gasteiger partial charge in [-0.1, -0.05) is 17.7 Å². The van der Waals surface area contributed by atoms with Crippen molar-refractivity contribution in [2.75, 3.05) is 0 Å². The second-order valence-electron chi connectivity index (χ2n) is 7.50. The van der Waals surface area contributed by atoms with Crippen molar-refractivity contribution in [2.45, 2.75) is 45.3 Å². The van der Waals surface area contributed by atoms with Gasteiger partial charge in [0.2, 0.25) is 5.91 Å². The third-order valence-corrected chi connectivity index (χ3v) is 5.68. The standard InChI is InChI=1S/C20H22ClFN6O2/c1-12-8-15(26(2)24-12)10-23-19(29)16-4-3-7-27-18(16)25-28(20(27)30)11-13-5-6-14(22)9-17(13)21/h5-6,8-9,16H,3-4,7,10-11H2,1-2H3,(H,23,29). The predicted molar refractivity (Wildman–Crippen MR) is 109 cm³/mol. The number of nitrogens with one attached hydrogen (secondary N) is 1. The van der Waals surface area contributed by atoms with E-state index in [4.69, 9.17) is 11.6 Å². The van der Waals surface area contributed by atoms with Gasteiger partial charge in [-0.2, -0.15) is 10.2 Å². The summed E-state index contributed by atoms with van der Waals surface area (Å²) in [5.41, 5.74) is 2.06. The fourth-order valence-electron chi connectivity index (χ4n) is 3.80. The van der Waals surface area contributed by atoms with E-state index >= 15 is 0 Å². The molecule has 0 aliphatic carbocycles. The van der Waals surface area contributed by atoms with Gasteiger partial charge < -0.3 is 5.32 Å². The number of aromatic nitrogens is 5. The molecular weight excluding hydrogens is 411 g/mol. The molecule has 0 radical (unpaired) electrons. The lowest BCUT2D eigenvalue weighted by Gasteiger charge is -2.21. The number of hydrogen-bond donors (Lipinski definition) is 1. The van der Waals surface area contributed by atoms with Crippen molar-refractivity contribution < 1.29 is 9.18 Å². The molecular formula is C20H22ClFN6O2. The van der Waals surface area contributed by atoms with E-state index < -0.39 is 11.7 Å². The van der Waals surface area contributed by atoms with E-state index in [0.29, 0.717) is 37.3 Å². The first-order valence-corrected chi connectivity index (χ1v) is 10.1. The Morgan fingerprint density at radius 3 is 2.83 bits per heavy atom. The van der Waals surface area contributed by atoms with Crippen LogP contribution in [0.5, 0.6) is 0 Å². The molecule has 4 rings (SSSR count). The number of benzene rings is 1. The summed E-state index contributed by atoms with van der Waals surface area (Å²) in [5.74, 6) is -0.679. The van der Waals surface area contributed by atoms with Crippen molar-refractivity contribution in [1.29, 1.82) is 0 Å². The molecule has 0 bridgehead atoms. The number of aryl methyl sites for hydroxylation is 2. The minimum Gasteiger partial charge on any atom is -0.350 e. The fourth-order valence-corrected chi connectivity index (χ4v) is 4.03. The van der Waals surface area contributed by atoms with E-state index in [-0.39, 0.29) is 23.2 Å². The van der Waals surface area contributed by atoms with Crippen LogP contribution in [0.1, 0.15) is 41.5 Å². The van der Waals surface area contributed by atoms with E-state index in [2.05, 4.69) is 15.5 Å². The van der Waals surface area contributed by atoms with Gasteiger partial charge in [-0.05, 0) is 43.5 Å². The third kappa shape index (κ3) is 3.89. The Balaban J connectivity index is 1.55. The molecule has 1 aliphatic heterocycles. The van der Waals surface area contributed by atoms with E-state index in [1.807, 2.05) is 20.0 Å². The maximum Gasteiger partial charge on any atom is 0.346 e. The molecule has 1 N–H and O–H groups in total. The number of hydrogen-bond acceptors (Lipinski definition) is 4. The molecule has 3 aromatic rings. The average Bonchev–Trinajstić information content (AvgIpc) is 3.20. The summed E-state index contributed by atoms with van der Waals surface area (Å²) < 4.78 is 17.8. The van der Waals surface area contributed by atoms with Gasteiger partial charge in [0.25, 0.3) is 0 Å². The van der Waals surface area contributed by atoms with Crippen LogP contribution in [0.2, 0.25) is 5.02 Å². The Morgan fingerprint density at radius 2 is 2.13 bits per heavy atom. The second kappa shape index (κ2) is 8.06. The normalized spacial score (nSPS) is 15.8. The van der Waals surface area contributed by atoms with Crippen LogP contribution in [-0.4, -0.2) is 30.0 Å². The molecule has 1 aliphatic rings. The number of carbonyl (C=O) groups excluding carboxylic acids is 1. The molecule has 1 unspecified atom stereocenters. The molecule has 10 heteroatoms. The van der Waals surface area contributed by atoms with Crippen molar-refractivity contribution in [1.82, 2.24) is 29.4 Å². The largest absolute Gasteiger partial charge is 0.350 e. The summed E-state index contributed by atoms with van der Waals surface area (Å²) in [5, 5.41) is 11.9. The SMILES string of the molecule is Cc1cc(CNC(=O)C2CCCn3c2nn(Cc2ccc(F)cc2Cl)c3=O)n(C)n1. The summed E-state index contributed by atoms with van der Waals surface area (Å²) in [4.78, 5) is 25.6. The van der Waals surface area contributed by atoms with E-state index in [0.717, 1.165) is 11.4 Å². The van der Waals surface area contributed by atoms with Crippen molar-refractivity contribution in [2.24, 2.45) is 7.05 Å². The highest BCUT2D eigenvalue weighted by Crippen LogP contribution is 2.25. The average molecular weight is 433 g/mol. The molecule has 1 amide bonds. The van der Waals surface area contributed by atoms with Gasteiger partial charge in [0.1, 0.15) is 11.6 Å². The Labute approximate surface area is 177 Å². The van der Waals surface area contributed by atoms with Crippen molar-refractivity contribution in [3.8, 4) is 0 Å². The highest BCUT2D eigenvalue weighted by molar-refractivity contribution is 6.31. The lowest BCUT2D eigenvalue weighted by Crippen LogP contribution is -2.35. The molecule has 1 aromatic carbocycles. The van der Waals surface area contributed by atoms with Crippen LogP contribution >= 0.6 is 11.6 Å². The summed E-state index contributed by atoms with van der Waals surface area (Å²) >= 11 is 6.09. The van der Waals surface area contributed by atoms with Gasteiger partial charge in [0, 0.05) is 18.6 Å². The van der Waals surface area contributed by atoms with E-state index in [1.54, 1.807) is 9.25 Å². The van der Waals surface area contributed by atoms with Crippen LogP contribution in [0.3, 0.4) is 0 Å². The van der Waals surface area contributed by atoms with Gasteiger partial charge >= 0.3 is 5.69 Å². The number of amides is 1. The highest BCUT2D eigenvalue weighted by Gasteiger charge is 2.31. The van der Waals surface area contributed by atoms with Crippen LogP contribution in [0.4, 0.5) is 4.39 Å². The number of carbonyl (C=O) groups is 1. The first-order chi connectivity index (χ1) is 14.3. The number of rotatable bonds is 5. The molecule has 0 saturated heterocycles. The zero-order chi connectivity index (χ0) is 21.4. The van der Waals surface area contributed by atoms with Crippen LogP contribution in [-0.2, 0) is 31.5 Å². The molecule has 0 fully saturated rings. The van der Waals surface area contributed by atoms with Gasteiger partial charge in [-0.3, -0.25) is 14.0 Å². The summed E-state index contributed by atoms with van der Waals surface area (Å²) in [6, 6.07) is 5.94. The van der Waals surface area contributed by atoms with Crippen LogP contribution < -0.4 is 11.0 Å². The quantitative estimate of drug-likeness (QED) is 0.669. The molecule has 0 saturated carbocycles. The summed E-state index contributed by atoms with van der Waals surface area (Å²) in [6.07, 6.45) is 1.32. The van der Waals surface area contributed by atoms with Gasteiger partial charge in [0.05, 0.1) is 30.4 Å². The molecule has 158 valence electrons. The number of halogens is 2. The Morgan fingerprint density at radius 1 is 1.33 bits per heavy atom. The summed E-state index contributed by atoms with van der Waals surface area (Å²) in [6.45, 7) is 2.87. The molecule has 2 aromatic heterocycles. The second-order valence-corrected chi connectivity index (χ2v) is 7.91. The predicted octanol–water partition coefficient (Wildman–Crippen LogP) is 2.12. The van der Waals surface area contributed by atoms with Crippen LogP contribution in [0.15, 0.2) is 29.1 Å². The smallest absolute Gasteiger partial charge is 0.346 e. The zero-order valence-corrected chi connectivity index (χ0v) is 17.5. The molecule has 8 nitrogen and oxygen atoms in total. The van der Waals surface area contributed by atoms with Crippen LogP contribution in [0.25, 0.3) is 0 Å².